The first kappa shape index (κ1) is 62.3. The number of rotatable bonds is 17. The maximum Gasteiger partial charge on any atom is 0.327 e. The fraction of sp³-hybridized carbons (Fsp3) is 0.531. The maximum atomic E-state index is 14.4. The lowest BCUT2D eigenvalue weighted by molar-refractivity contribution is -0.146. The summed E-state index contributed by atoms with van der Waals surface area (Å²) in [4.78, 5) is 130. The lowest BCUT2D eigenvalue weighted by Gasteiger charge is -2.28. The van der Waals surface area contributed by atoms with Crippen LogP contribution in [0.5, 0.6) is 0 Å². The molecule has 10 atom stereocenters. The van der Waals surface area contributed by atoms with Gasteiger partial charge in [-0.05, 0) is 57.9 Å². The Hall–Kier alpha value is -7.83. The van der Waals surface area contributed by atoms with Crippen LogP contribution in [-0.2, 0) is 54.3 Å². The van der Waals surface area contributed by atoms with Gasteiger partial charge in [0, 0.05) is 39.6 Å². The van der Waals surface area contributed by atoms with Crippen molar-refractivity contribution in [2.75, 3.05) is 27.2 Å². The number of aliphatic carboxylic acids is 2. The van der Waals surface area contributed by atoms with E-state index in [0.29, 0.717) is 12.0 Å². The fourth-order valence-electron chi connectivity index (χ4n) is 7.53. The minimum atomic E-state index is -1.95. The Kier molecular flexibility index (Phi) is 26.0. The summed E-state index contributed by atoms with van der Waals surface area (Å²) in [6.07, 6.45) is 4.40. The van der Waals surface area contributed by atoms with Crippen LogP contribution in [0.2, 0.25) is 0 Å². The molecule has 0 saturated carbocycles. The van der Waals surface area contributed by atoms with Gasteiger partial charge in [-0.3, -0.25) is 43.5 Å². The van der Waals surface area contributed by atoms with Crippen molar-refractivity contribution < 1.29 is 58.1 Å². The van der Waals surface area contributed by atoms with Gasteiger partial charge >= 0.3 is 11.9 Å². The maximum absolute atomic E-state index is 14.4. The van der Waals surface area contributed by atoms with Crippen molar-refractivity contribution >= 4 is 65.2 Å². The molecule has 0 spiro atoms. The first-order valence-electron chi connectivity index (χ1n) is 24.1. The number of carboxylic acid groups (broad SMARTS) is 2. The third-order valence-electron chi connectivity index (χ3n) is 12.2. The lowest BCUT2D eigenvalue weighted by Crippen LogP contribution is -2.59. The molecule has 0 bridgehead atoms. The molecular formula is C49H75N13O12. The topological polar surface area (TPSA) is 408 Å². The standard InChI is InChI=1S/C49H75N13O12/c1-26(24-27(2)37(74-8)25-32-14-10-9-11-15-32)18-19-33-28(3)40(64)60-36(46(70)71)20-21-38(63)62(7)31(6)43(67)56-30(5)42(66)59-35(17-13-23-55-49(52)53)45(69)61-39(47(72)73)29(4)41(65)58-34(44(68)57-33)16-12-22-54-48(50)51/h9-11,14-15,18-19,24,27-30,33-37,39H,6,12-13,16-17,20-23,25H2,1-5,7-8H3,(H,56,67)(H,57,68)(H,58,65)(H,59,66)(H,60,64)(H,61,69)(H,70,71)(H,72,73)(H4,50,51,54)(H4,52,53,55)/b19-18+,26-24+/t27?,28-,29+,30-,33?,34+,35+,36-,37?,39-/m1/s1. The highest BCUT2D eigenvalue weighted by Gasteiger charge is 2.37. The van der Waals surface area contributed by atoms with E-state index in [9.17, 15) is 53.4 Å². The molecule has 25 nitrogen and oxygen atoms in total. The van der Waals surface area contributed by atoms with Crippen molar-refractivity contribution in [3.8, 4) is 0 Å². The molecule has 16 N–H and O–H groups in total. The number of hydrogen-bond acceptors (Lipinski definition) is 12. The molecule has 7 amide bonds. The van der Waals surface area contributed by atoms with Gasteiger partial charge in [-0.1, -0.05) is 81.5 Å². The van der Waals surface area contributed by atoms with Crippen LogP contribution in [0.1, 0.15) is 78.7 Å². The zero-order chi connectivity index (χ0) is 55.8. The van der Waals surface area contributed by atoms with E-state index in [1.807, 2.05) is 43.3 Å². The first-order valence-corrected chi connectivity index (χ1v) is 24.1. The van der Waals surface area contributed by atoms with Crippen molar-refractivity contribution in [2.45, 2.75) is 122 Å². The number of guanidine groups is 2. The van der Waals surface area contributed by atoms with E-state index in [1.54, 1.807) is 20.1 Å². The average Bonchev–Trinajstić information content (AvgIpc) is 3.34. The van der Waals surface area contributed by atoms with Crippen LogP contribution in [0.15, 0.2) is 76.4 Å². The summed E-state index contributed by atoms with van der Waals surface area (Å²) in [5.74, 6) is -13.1. The van der Waals surface area contributed by atoms with E-state index >= 15 is 0 Å². The monoisotopic (exact) mass is 1040 g/mol. The fourth-order valence-corrected chi connectivity index (χ4v) is 7.53. The molecule has 1 fully saturated rings. The average molecular weight is 1040 g/mol. The van der Waals surface area contributed by atoms with Crippen molar-refractivity contribution in [3.63, 3.8) is 0 Å². The van der Waals surface area contributed by atoms with Crippen molar-refractivity contribution in [1.82, 2.24) is 36.8 Å². The third kappa shape index (κ3) is 21.1. The largest absolute Gasteiger partial charge is 0.480 e. The van der Waals surface area contributed by atoms with E-state index in [-0.39, 0.29) is 62.7 Å². The molecule has 1 saturated heterocycles. The molecule has 1 aliphatic heterocycles. The second kappa shape index (κ2) is 30.9. The highest BCUT2D eigenvalue weighted by Crippen LogP contribution is 2.19. The van der Waals surface area contributed by atoms with E-state index in [0.717, 1.165) is 10.5 Å². The van der Waals surface area contributed by atoms with Gasteiger partial charge in [0.1, 0.15) is 35.9 Å². The number of methoxy groups -OCH3 is 1. The van der Waals surface area contributed by atoms with Gasteiger partial charge in [0.05, 0.1) is 24.0 Å². The number of nitrogens with one attached hydrogen (secondary N) is 6. The van der Waals surface area contributed by atoms with Gasteiger partial charge in [0.15, 0.2) is 11.9 Å². The smallest absolute Gasteiger partial charge is 0.327 e. The van der Waals surface area contributed by atoms with E-state index in [4.69, 9.17) is 27.7 Å². The molecule has 408 valence electrons. The highest BCUT2D eigenvalue weighted by molar-refractivity contribution is 6.00. The number of benzene rings is 1. The Labute approximate surface area is 430 Å². The minimum Gasteiger partial charge on any atom is -0.480 e. The molecule has 1 aliphatic rings. The molecule has 0 aliphatic carbocycles. The summed E-state index contributed by atoms with van der Waals surface area (Å²) in [6.45, 7) is 11.2. The Balaban J connectivity index is 2.74. The quantitative estimate of drug-likeness (QED) is 0.0281. The minimum absolute atomic E-state index is 0.00394. The summed E-state index contributed by atoms with van der Waals surface area (Å²) in [7, 11) is 2.80. The number of hydrogen-bond donors (Lipinski definition) is 12. The number of carboxylic acids is 2. The number of allylic oxidation sites excluding steroid dienone is 2. The number of nitrogens with two attached hydrogens (primary N) is 4. The molecule has 74 heavy (non-hydrogen) atoms. The number of carbonyl (C=O) groups is 9. The van der Waals surface area contributed by atoms with Crippen molar-refractivity contribution in [1.29, 1.82) is 0 Å². The molecule has 3 unspecified atom stereocenters. The highest BCUT2D eigenvalue weighted by atomic mass is 16.5. The van der Waals surface area contributed by atoms with Crippen LogP contribution < -0.4 is 54.8 Å². The molecule has 1 aromatic carbocycles. The summed E-state index contributed by atoms with van der Waals surface area (Å²) >= 11 is 0. The molecule has 0 radical (unpaired) electrons. The number of ether oxygens (including phenoxy) is 1. The van der Waals surface area contributed by atoms with Crippen molar-refractivity contribution in [2.24, 2.45) is 50.7 Å². The van der Waals surface area contributed by atoms with Crippen LogP contribution in [0, 0.1) is 17.8 Å². The van der Waals surface area contributed by atoms with Crippen LogP contribution in [0.3, 0.4) is 0 Å². The Morgan fingerprint density at radius 2 is 1.32 bits per heavy atom. The summed E-state index contributed by atoms with van der Waals surface area (Å²) in [5.41, 5.74) is 23.2. The SMILES string of the molecule is C=C1C(=O)N[C@H](C)C(=O)N[C@@H](CCCN=C(N)N)C(=O)N[C@@H](C(=O)O)[C@H](C)C(=O)N[C@@H](CCCN=C(N)N)C(=O)NC(/C=C/C(C)=C/C(C)C(Cc2ccccc2)OC)[C@@H](C)C(=O)N[C@@H](C(=O)O)CCC(=O)N1C. The van der Waals surface area contributed by atoms with Gasteiger partial charge in [0.2, 0.25) is 35.4 Å². The number of aliphatic imine (C=N–C) groups is 2. The van der Waals surface area contributed by atoms with Gasteiger partial charge < -0.3 is 74.7 Å². The third-order valence-corrected chi connectivity index (χ3v) is 12.2. The summed E-state index contributed by atoms with van der Waals surface area (Å²) < 4.78 is 5.81. The predicted octanol–water partition coefficient (Wildman–Crippen LogP) is -1.37. The second-order valence-corrected chi connectivity index (χ2v) is 18.1. The van der Waals surface area contributed by atoms with E-state index < -0.39 is 120 Å². The molecule has 1 aromatic rings. The van der Waals surface area contributed by atoms with E-state index in [2.05, 4.69) is 48.5 Å². The number of likely N-dealkylation sites (N-methyl/N-ethyl adjacent to an activating group) is 1. The van der Waals surface area contributed by atoms with Crippen LogP contribution in [0.4, 0.5) is 0 Å². The summed E-state index contributed by atoms with van der Waals surface area (Å²) in [6, 6.07) is 0.633. The first-order chi connectivity index (χ1) is 34.8. The molecule has 25 heteroatoms. The van der Waals surface area contributed by atoms with Crippen molar-refractivity contribution in [3.05, 3.63) is 72.0 Å². The summed E-state index contributed by atoms with van der Waals surface area (Å²) in [5, 5.41) is 35.4. The van der Waals surface area contributed by atoms with Gasteiger partial charge in [-0.25, -0.2) is 9.59 Å². The Morgan fingerprint density at radius 1 is 0.784 bits per heavy atom. The second-order valence-electron chi connectivity index (χ2n) is 18.1. The van der Waals surface area contributed by atoms with Crippen LogP contribution in [0.25, 0.3) is 0 Å². The van der Waals surface area contributed by atoms with Gasteiger partial charge in [-0.15, -0.1) is 0 Å². The molecule has 2 rings (SSSR count). The zero-order valence-corrected chi connectivity index (χ0v) is 43.1. The number of nitrogens with zero attached hydrogens (tertiary/aromatic N) is 3. The number of carbonyl (C=O) groups excluding carboxylic acids is 7. The van der Waals surface area contributed by atoms with Crippen LogP contribution >= 0.6 is 0 Å². The Bertz CT molecular complexity index is 2280. The molecular weight excluding hydrogens is 963 g/mol. The predicted molar refractivity (Wildman–Crippen MR) is 275 cm³/mol. The van der Waals surface area contributed by atoms with Crippen LogP contribution in [-0.4, -0.2) is 150 Å². The molecule has 0 aromatic heterocycles. The lowest BCUT2D eigenvalue weighted by atomic mass is 9.94. The van der Waals surface area contributed by atoms with E-state index in [1.165, 1.54) is 33.9 Å². The normalized spacial score (nSPS) is 24.6. The van der Waals surface area contributed by atoms with Gasteiger partial charge in [-0.2, -0.15) is 0 Å². The van der Waals surface area contributed by atoms with Gasteiger partial charge in [0.25, 0.3) is 5.91 Å². The number of amides is 7. The zero-order valence-electron chi connectivity index (χ0n) is 43.1. The Morgan fingerprint density at radius 3 is 1.85 bits per heavy atom. The molecule has 1 heterocycles.